The topological polar surface area (TPSA) is 50.4 Å². The van der Waals surface area contributed by atoms with E-state index < -0.39 is 0 Å². The first-order chi connectivity index (χ1) is 14.0. The van der Waals surface area contributed by atoms with Crippen LogP contribution in [0.1, 0.15) is 18.1 Å². The molecular formula is C23H22Cl2N2O2. The minimum absolute atomic E-state index is 0.135. The minimum Gasteiger partial charge on any atom is -0.482 e. The van der Waals surface area contributed by atoms with Crippen LogP contribution in [0.3, 0.4) is 0 Å². The second-order valence-electron chi connectivity index (χ2n) is 6.51. The maximum Gasteiger partial charge on any atom is 0.262 e. The molecule has 0 fully saturated rings. The Bertz CT molecular complexity index is 958. The predicted molar refractivity (Wildman–Crippen MR) is 120 cm³/mol. The Morgan fingerprint density at radius 2 is 1.55 bits per heavy atom. The van der Waals surface area contributed by atoms with Gasteiger partial charge in [-0.15, -0.1) is 0 Å². The van der Waals surface area contributed by atoms with Crippen LogP contribution in [0, 0.1) is 0 Å². The van der Waals surface area contributed by atoms with Crippen molar-refractivity contribution >= 4 is 40.5 Å². The van der Waals surface area contributed by atoms with E-state index in [9.17, 15) is 4.79 Å². The summed E-state index contributed by atoms with van der Waals surface area (Å²) in [7, 11) is 0. The van der Waals surface area contributed by atoms with Crippen LogP contribution in [0.15, 0.2) is 66.7 Å². The van der Waals surface area contributed by atoms with Gasteiger partial charge in [-0.25, -0.2) is 0 Å². The van der Waals surface area contributed by atoms with Crippen molar-refractivity contribution < 1.29 is 9.53 Å². The molecule has 3 aromatic carbocycles. The van der Waals surface area contributed by atoms with Crippen LogP contribution >= 0.6 is 23.2 Å². The Kier molecular flexibility index (Phi) is 7.39. The number of amides is 1. The molecule has 150 valence electrons. The fourth-order valence-corrected chi connectivity index (χ4v) is 3.09. The Morgan fingerprint density at radius 1 is 0.897 bits per heavy atom. The Hall–Kier alpha value is -2.69. The number of hydrogen-bond donors (Lipinski definition) is 2. The molecule has 29 heavy (non-hydrogen) atoms. The molecule has 0 aliphatic carbocycles. The van der Waals surface area contributed by atoms with Crippen LogP contribution in [0.2, 0.25) is 10.0 Å². The van der Waals surface area contributed by atoms with Crippen molar-refractivity contribution in [2.24, 2.45) is 0 Å². The highest BCUT2D eigenvalue weighted by atomic mass is 35.5. The third kappa shape index (κ3) is 6.41. The molecule has 1 amide bonds. The molecule has 0 radical (unpaired) electrons. The number of anilines is 2. The Balaban J connectivity index is 1.50. The molecule has 0 unspecified atom stereocenters. The van der Waals surface area contributed by atoms with Crippen molar-refractivity contribution in [3.63, 3.8) is 0 Å². The van der Waals surface area contributed by atoms with Crippen molar-refractivity contribution in [1.29, 1.82) is 0 Å². The maximum absolute atomic E-state index is 12.0. The van der Waals surface area contributed by atoms with E-state index in [0.29, 0.717) is 28.0 Å². The van der Waals surface area contributed by atoms with Gasteiger partial charge in [-0.3, -0.25) is 4.79 Å². The molecular weight excluding hydrogens is 407 g/mol. The summed E-state index contributed by atoms with van der Waals surface area (Å²) in [4.78, 5) is 12.0. The SMILES string of the molecule is CCc1ccc(NCc2ccc(OCC(=O)Nc3ccc(Cl)cc3)c(Cl)c2)cc1. The maximum atomic E-state index is 12.0. The first-order valence-electron chi connectivity index (χ1n) is 9.33. The van der Waals surface area contributed by atoms with Crippen LogP contribution in [0.4, 0.5) is 11.4 Å². The number of hydrogen-bond acceptors (Lipinski definition) is 3. The van der Waals surface area contributed by atoms with Crippen molar-refractivity contribution in [2.45, 2.75) is 19.9 Å². The lowest BCUT2D eigenvalue weighted by Crippen LogP contribution is -2.20. The second kappa shape index (κ2) is 10.2. The quantitative estimate of drug-likeness (QED) is 0.449. The van der Waals surface area contributed by atoms with E-state index in [1.807, 2.05) is 12.1 Å². The summed E-state index contributed by atoms with van der Waals surface area (Å²) in [5, 5.41) is 7.18. The van der Waals surface area contributed by atoms with Crippen LogP contribution in [-0.2, 0) is 17.8 Å². The van der Waals surface area contributed by atoms with Gasteiger partial charge in [0.2, 0.25) is 0 Å². The molecule has 0 aliphatic heterocycles. The molecule has 0 atom stereocenters. The fraction of sp³-hybridized carbons (Fsp3) is 0.174. The number of carbonyl (C=O) groups excluding carboxylic acids is 1. The number of benzene rings is 3. The molecule has 0 bridgehead atoms. The molecule has 0 aliphatic rings. The van der Waals surface area contributed by atoms with Gasteiger partial charge in [-0.1, -0.05) is 48.3 Å². The summed E-state index contributed by atoms with van der Waals surface area (Å²) in [6, 6.07) is 20.8. The lowest BCUT2D eigenvalue weighted by molar-refractivity contribution is -0.118. The summed E-state index contributed by atoms with van der Waals surface area (Å²) < 4.78 is 5.55. The summed E-state index contributed by atoms with van der Waals surface area (Å²) in [5.74, 6) is 0.193. The molecule has 0 saturated carbocycles. The van der Waals surface area contributed by atoms with Gasteiger partial charge in [-0.05, 0) is 66.1 Å². The lowest BCUT2D eigenvalue weighted by Gasteiger charge is -2.11. The van der Waals surface area contributed by atoms with E-state index in [1.165, 1.54) is 5.56 Å². The molecule has 2 N–H and O–H groups in total. The summed E-state index contributed by atoms with van der Waals surface area (Å²) in [6.45, 7) is 2.64. The van der Waals surface area contributed by atoms with E-state index in [-0.39, 0.29) is 12.5 Å². The third-order valence-corrected chi connectivity index (χ3v) is 4.89. The Labute approximate surface area is 180 Å². The molecule has 3 rings (SSSR count). The molecule has 4 nitrogen and oxygen atoms in total. The largest absolute Gasteiger partial charge is 0.482 e. The van der Waals surface area contributed by atoms with Gasteiger partial charge in [-0.2, -0.15) is 0 Å². The van der Waals surface area contributed by atoms with Crippen LogP contribution in [-0.4, -0.2) is 12.5 Å². The van der Waals surface area contributed by atoms with Crippen molar-refractivity contribution in [2.75, 3.05) is 17.2 Å². The number of ether oxygens (including phenoxy) is 1. The van der Waals surface area contributed by atoms with Gasteiger partial charge in [0.1, 0.15) is 5.75 Å². The van der Waals surface area contributed by atoms with E-state index in [0.717, 1.165) is 17.7 Å². The number of rotatable bonds is 8. The van der Waals surface area contributed by atoms with Crippen LogP contribution < -0.4 is 15.4 Å². The minimum atomic E-state index is -0.273. The van der Waals surface area contributed by atoms with Gasteiger partial charge in [0.25, 0.3) is 5.91 Å². The molecule has 0 saturated heterocycles. The number of aryl methyl sites for hydroxylation is 1. The zero-order valence-corrected chi connectivity index (χ0v) is 17.6. The molecule has 0 heterocycles. The second-order valence-corrected chi connectivity index (χ2v) is 7.36. The van der Waals surface area contributed by atoms with Crippen molar-refractivity contribution in [1.82, 2.24) is 0 Å². The number of nitrogens with one attached hydrogen (secondary N) is 2. The summed E-state index contributed by atoms with van der Waals surface area (Å²) >= 11 is 12.1. The highest BCUT2D eigenvalue weighted by molar-refractivity contribution is 6.32. The average molecular weight is 429 g/mol. The lowest BCUT2D eigenvalue weighted by atomic mass is 10.1. The zero-order valence-electron chi connectivity index (χ0n) is 16.0. The normalized spacial score (nSPS) is 10.4. The highest BCUT2D eigenvalue weighted by Crippen LogP contribution is 2.26. The van der Waals surface area contributed by atoms with E-state index in [1.54, 1.807) is 30.3 Å². The van der Waals surface area contributed by atoms with Crippen molar-refractivity contribution in [3.8, 4) is 5.75 Å². The molecule has 0 spiro atoms. The van der Waals surface area contributed by atoms with E-state index >= 15 is 0 Å². The third-order valence-electron chi connectivity index (χ3n) is 4.34. The number of halogens is 2. The van der Waals surface area contributed by atoms with E-state index in [2.05, 4.69) is 41.8 Å². The molecule has 0 aromatic heterocycles. The summed E-state index contributed by atoms with van der Waals surface area (Å²) in [5.41, 5.74) is 4.03. The molecule has 3 aromatic rings. The fourth-order valence-electron chi connectivity index (χ4n) is 2.71. The van der Waals surface area contributed by atoms with E-state index in [4.69, 9.17) is 27.9 Å². The van der Waals surface area contributed by atoms with Gasteiger partial charge >= 0.3 is 0 Å². The first kappa shape index (κ1) is 21.0. The smallest absolute Gasteiger partial charge is 0.262 e. The zero-order chi connectivity index (χ0) is 20.6. The van der Waals surface area contributed by atoms with Crippen LogP contribution in [0.5, 0.6) is 5.75 Å². The summed E-state index contributed by atoms with van der Waals surface area (Å²) in [6.07, 6.45) is 1.02. The Morgan fingerprint density at radius 3 is 2.21 bits per heavy atom. The molecule has 6 heteroatoms. The average Bonchev–Trinajstić information content (AvgIpc) is 2.73. The van der Waals surface area contributed by atoms with Crippen LogP contribution in [0.25, 0.3) is 0 Å². The standard InChI is InChI=1S/C23H22Cl2N2O2/c1-2-16-3-8-19(9-4-16)26-14-17-5-12-22(21(25)13-17)29-15-23(28)27-20-10-6-18(24)7-11-20/h3-13,26H,2,14-15H2,1H3,(H,27,28). The van der Waals surface area contributed by atoms with Gasteiger partial charge in [0.15, 0.2) is 6.61 Å². The predicted octanol–water partition coefficient (Wildman–Crippen LogP) is 6.19. The number of carbonyl (C=O) groups is 1. The van der Waals surface area contributed by atoms with Gasteiger partial charge < -0.3 is 15.4 Å². The highest BCUT2D eigenvalue weighted by Gasteiger charge is 2.08. The van der Waals surface area contributed by atoms with Crippen molar-refractivity contribution in [3.05, 3.63) is 87.9 Å². The van der Waals surface area contributed by atoms with Gasteiger partial charge in [0.05, 0.1) is 5.02 Å². The first-order valence-corrected chi connectivity index (χ1v) is 10.1. The van der Waals surface area contributed by atoms with Gasteiger partial charge in [0, 0.05) is 22.9 Å². The monoisotopic (exact) mass is 428 g/mol.